The summed E-state index contributed by atoms with van der Waals surface area (Å²) in [6.07, 6.45) is 4.65. The van der Waals surface area contributed by atoms with Gasteiger partial charge in [0.05, 0.1) is 10.7 Å². The van der Waals surface area contributed by atoms with Gasteiger partial charge in [-0.05, 0) is 68.3 Å². The van der Waals surface area contributed by atoms with Crippen LogP contribution in [0.15, 0.2) is 52.6 Å². The second-order valence-corrected chi connectivity index (χ2v) is 17.3. The van der Waals surface area contributed by atoms with Gasteiger partial charge in [0.2, 0.25) is 8.32 Å². The molecule has 6 heteroatoms. The van der Waals surface area contributed by atoms with Crippen molar-refractivity contribution < 1.29 is 12.8 Å². The van der Waals surface area contributed by atoms with Crippen molar-refractivity contribution in [3.05, 3.63) is 42.7 Å². The van der Waals surface area contributed by atoms with Crippen molar-refractivity contribution in [1.82, 2.24) is 0 Å². The van der Waals surface area contributed by atoms with Crippen LogP contribution in [0.25, 0.3) is 0 Å². The van der Waals surface area contributed by atoms with Crippen LogP contribution in [0.2, 0.25) is 18.1 Å². The zero-order chi connectivity index (χ0) is 22.2. The molecule has 2 aliphatic rings. The number of nitrogens with zero attached hydrogens (tertiary/aromatic N) is 1. The van der Waals surface area contributed by atoms with Crippen molar-refractivity contribution in [2.24, 2.45) is 10.9 Å². The van der Waals surface area contributed by atoms with Crippen molar-refractivity contribution in [2.75, 3.05) is 6.54 Å². The first-order valence-electron chi connectivity index (χ1n) is 11.1. The minimum atomic E-state index is -3.57. The fourth-order valence-electron chi connectivity index (χ4n) is 4.73. The number of hydrogen-bond acceptors (Lipinski definition) is 4. The van der Waals surface area contributed by atoms with E-state index in [4.69, 9.17) is 9.42 Å². The molecule has 1 aromatic carbocycles. The summed E-state index contributed by atoms with van der Waals surface area (Å²) in [5.74, 6) is 0.689. The summed E-state index contributed by atoms with van der Waals surface area (Å²) in [5, 5.41) is 0.0771. The Hall–Kier alpha value is -1.40. The van der Waals surface area contributed by atoms with E-state index in [0.717, 1.165) is 43.7 Å². The van der Waals surface area contributed by atoms with Gasteiger partial charge in [-0.1, -0.05) is 45.5 Å². The Bertz CT molecular complexity index is 916. The molecule has 1 aliphatic heterocycles. The Morgan fingerprint density at radius 2 is 1.90 bits per heavy atom. The summed E-state index contributed by atoms with van der Waals surface area (Å²) in [7, 11) is -5.58. The van der Waals surface area contributed by atoms with Crippen molar-refractivity contribution in [2.45, 2.75) is 87.1 Å². The first-order chi connectivity index (χ1) is 13.9. The largest absolute Gasteiger partial charge is 0.547 e. The number of rotatable bonds is 6. The highest BCUT2D eigenvalue weighted by Gasteiger charge is 2.56. The number of fused-ring (bicyclic) bond motifs is 1. The minimum absolute atomic E-state index is 0.0484. The van der Waals surface area contributed by atoms with E-state index < -0.39 is 22.9 Å². The van der Waals surface area contributed by atoms with Crippen molar-refractivity contribution in [1.29, 1.82) is 0 Å². The zero-order valence-corrected chi connectivity index (χ0v) is 21.0. The Balaban J connectivity index is 1.98. The van der Waals surface area contributed by atoms with Crippen LogP contribution in [0.1, 0.15) is 59.3 Å². The van der Waals surface area contributed by atoms with Crippen LogP contribution in [0.5, 0.6) is 0 Å². The van der Waals surface area contributed by atoms with Crippen LogP contribution < -0.4 is 0 Å². The molecule has 2 unspecified atom stereocenters. The predicted octanol–water partition coefficient (Wildman–Crippen LogP) is 6.16. The Kier molecular flexibility index (Phi) is 6.41. The maximum Gasteiger partial charge on any atom is 0.250 e. The summed E-state index contributed by atoms with van der Waals surface area (Å²) < 4.78 is 33.6. The summed E-state index contributed by atoms with van der Waals surface area (Å²) in [6.45, 7) is 16.0. The fourth-order valence-corrected chi connectivity index (χ4v) is 8.31. The molecule has 0 saturated heterocycles. The number of allylic oxidation sites excluding steroid dienone is 1. The molecule has 166 valence electrons. The molecule has 1 fully saturated rings. The van der Waals surface area contributed by atoms with Gasteiger partial charge in [-0.15, -0.1) is 0 Å². The summed E-state index contributed by atoms with van der Waals surface area (Å²) >= 11 is 0. The molecule has 0 radical (unpaired) electrons. The number of sulfone groups is 1. The standard InChI is InChI=1S/C24H37NO3SSi/c1-19(28-30(5,6)23(2,3)4)18-20-12-10-15-22-24(20,16-11-17-25-22)29(26,27)21-13-8-7-9-14-21/h7-9,13-14,20H,1,10-12,15-18H2,2-6H3. The second-order valence-electron chi connectivity index (χ2n) is 10.3. The van der Waals surface area contributed by atoms with Crippen LogP contribution in [-0.2, 0) is 14.3 Å². The summed E-state index contributed by atoms with van der Waals surface area (Å²) in [4.78, 5) is 5.17. The molecule has 1 saturated carbocycles. The topological polar surface area (TPSA) is 55.7 Å². The maximum absolute atomic E-state index is 14.0. The van der Waals surface area contributed by atoms with Gasteiger partial charge in [0.15, 0.2) is 9.84 Å². The molecule has 1 aromatic rings. The van der Waals surface area contributed by atoms with Gasteiger partial charge in [-0.2, -0.15) is 0 Å². The van der Waals surface area contributed by atoms with Crippen molar-refractivity contribution >= 4 is 23.9 Å². The van der Waals surface area contributed by atoms with Crippen LogP contribution in [0.4, 0.5) is 0 Å². The molecule has 4 nitrogen and oxygen atoms in total. The lowest BCUT2D eigenvalue weighted by Gasteiger charge is -2.47. The molecule has 0 N–H and O–H groups in total. The molecule has 0 bridgehead atoms. The van der Waals surface area contributed by atoms with Gasteiger partial charge in [-0.25, -0.2) is 8.42 Å². The Labute approximate surface area is 183 Å². The second kappa shape index (κ2) is 8.27. The SMILES string of the molecule is C=C(CC1CCCC2=NCCCC21S(=O)(=O)c1ccccc1)O[Si](C)(C)C(C)(C)C. The quantitative estimate of drug-likeness (QED) is 0.387. The molecule has 0 aromatic heterocycles. The number of benzene rings is 1. The zero-order valence-electron chi connectivity index (χ0n) is 19.2. The molecular formula is C24H37NO3SSi. The van der Waals surface area contributed by atoms with Gasteiger partial charge in [-0.3, -0.25) is 4.99 Å². The third-order valence-electron chi connectivity index (χ3n) is 7.34. The lowest BCUT2D eigenvalue weighted by atomic mass is 9.71. The highest BCUT2D eigenvalue weighted by Crippen LogP contribution is 2.49. The average Bonchev–Trinajstić information content (AvgIpc) is 2.67. The lowest BCUT2D eigenvalue weighted by molar-refractivity contribution is 0.283. The van der Waals surface area contributed by atoms with Crippen molar-refractivity contribution in [3.63, 3.8) is 0 Å². The average molecular weight is 448 g/mol. The molecule has 2 atom stereocenters. The molecule has 3 rings (SSSR count). The third-order valence-corrected chi connectivity index (χ3v) is 14.4. The van der Waals surface area contributed by atoms with Gasteiger partial charge >= 0.3 is 0 Å². The van der Waals surface area contributed by atoms with E-state index in [9.17, 15) is 8.42 Å². The van der Waals surface area contributed by atoms with Gasteiger partial charge < -0.3 is 4.43 Å². The first kappa shape index (κ1) is 23.3. The van der Waals surface area contributed by atoms with E-state index in [1.165, 1.54) is 0 Å². The van der Waals surface area contributed by atoms with Crippen LogP contribution in [0.3, 0.4) is 0 Å². The Morgan fingerprint density at radius 1 is 1.23 bits per heavy atom. The van der Waals surface area contributed by atoms with Crippen LogP contribution in [0, 0.1) is 5.92 Å². The van der Waals surface area contributed by atoms with E-state index in [-0.39, 0.29) is 11.0 Å². The lowest BCUT2D eigenvalue weighted by Crippen LogP contribution is -2.56. The molecule has 30 heavy (non-hydrogen) atoms. The highest BCUT2D eigenvalue weighted by atomic mass is 32.2. The number of hydrogen-bond donors (Lipinski definition) is 0. The molecule has 1 aliphatic carbocycles. The maximum atomic E-state index is 14.0. The van der Waals surface area contributed by atoms with Gasteiger partial charge in [0.25, 0.3) is 0 Å². The molecule has 0 amide bonds. The first-order valence-corrected chi connectivity index (χ1v) is 15.5. The summed E-state index contributed by atoms with van der Waals surface area (Å²) in [6, 6.07) is 8.92. The monoisotopic (exact) mass is 447 g/mol. The summed E-state index contributed by atoms with van der Waals surface area (Å²) in [5.41, 5.74) is 0.883. The van der Waals surface area contributed by atoms with Crippen molar-refractivity contribution in [3.8, 4) is 0 Å². The van der Waals surface area contributed by atoms with E-state index in [1.807, 2.05) is 6.07 Å². The van der Waals surface area contributed by atoms with Gasteiger partial charge in [0, 0.05) is 18.7 Å². The molecule has 0 spiro atoms. The van der Waals surface area contributed by atoms with Gasteiger partial charge in [0.1, 0.15) is 4.75 Å². The Morgan fingerprint density at radius 3 is 2.53 bits per heavy atom. The molecular weight excluding hydrogens is 410 g/mol. The minimum Gasteiger partial charge on any atom is -0.547 e. The number of aliphatic imine (C=N–C) groups is 1. The van der Waals surface area contributed by atoms with Crippen LogP contribution in [-0.4, -0.2) is 33.7 Å². The van der Waals surface area contributed by atoms with E-state index in [0.29, 0.717) is 17.7 Å². The van der Waals surface area contributed by atoms with E-state index in [2.05, 4.69) is 40.4 Å². The smallest absolute Gasteiger partial charge is 0.250 e. The fraction of sp³-hybridized carbons (Fsp3) is 0.625. The predicted molar refractivity (Wildman–Crippen MR) is 127 cm³/mol. The van der Waals surface area contributed by atoms with E-state index in [1.54, 1.807) is 24.3 Å². The van der Waals surface area contributed by atoms with E-state index >= 15 is 0 Å². The highest BCUT2D eigenvalue weighted by molar-refractivity contribution is 7.93. The van der Waals surface area contributed by atoms with Crippen LogP contribution >= 0.6 is 0 Å². The third kappa shape index (κ3) is 4.05. The molecule has 1 heterocycles. The normalized spacial score (nSPS) is 25.2.